The molecule has 1 spiro atoms. The fourth-order valence-electron chi connectivity index (χ4n) is 6.31. The number of likely N-dealkylation sites (N-methyl/N-ethyl adjacent to an activating group) is 1. The van der Waals surface area contributed by atoms with E-state index in [1.807, 2.05) is 6.07 Å². The van der Waals surface area contributed by atoms with Crippen molar-refractivity contribution in [2.75, 3.05) is 37.3 Å². The molecular weight excluding hydrogens is 496 g/mol. The van der Waals surface area contributed by atoms with Gasteiger partial charge in [-0.1, -0.05) is 0 Å². The first kappa shape index (κ1) is 22.7. The number of thiophene rings is 1. The summed E-state index contributed by atoms with van der Waals surface area (Å²) in [6.07, 6.45) is 6.05. The van der Waals surface area contributed by atoms with Gasteiger partial charge in [-0.2, -0.15) is 5.26 Å². The van der Waals surface area contributed by atoms with Crippen molar-refractivity contribution in [3.8, 4) is 17.3 Å². The highest BCUT2D eigenvalue weighted by atomic mass is 32.1. The number of fused-ring (bicyclic) bond motifs is 4. The van der Waals surface area contributed by atoms with Crippen molar-refractivity contribution in [2.45, 2.75) is 38.0 Å². The Bertz CT molecular complexity index is 1670. The van der Waals surface area contributed by atoms with Gasteiger partial charge >= 0.3 is 0 Å². The molecule has 188 valence electrons. The molecule has 4 aromatic rings. The molecule has 3 aliphatic heterocycles. The molecule has 37 heavy (non-hydrogen) atoms. The normalized spacial score (nSPS) is 21.5. The average Bonchev–Trinajstić information content (AvgIpc) is 3.68. The zero-order valence-corrected chi connectivity index (χ0v) is 21.0. The van der Waals surface area contributed by atoms with Crippen molar-refractivity contribution < 1.29 is 13.5 Å². The first-order valence-corrected chi connectivity index (χ1v) is 13.0. The molecule has 11 heteroatoms. The van der Waals surface area contributed by atoms with Gasteiger partial charge in [-0.05, 0) is 44.0 Å². The van der Waals surface area contributed by atoms with E-state index in [2.05, 4.69) is 26.8 Å². The van der Waals surface area contributed by atoms with Gasteiger partial charge in [0.05, 0.1) is 35.4 Å². The van der Waals surface area contributed by atoms with E-state index in [9.17, 15) is 9.65 Å². The summed E-state index contributed by atoms with van der Waals surface area (Å²) < 4.78 is 37.0. The van der Waals surface area contributed by atoms with Crippen molar-refractivity contribution in [1.82, 2.24) is 19.9 Å². The number of nitrogens with zero attached hydrogens (tertiary/aromatic N) is 6. The largest absolute Gasteiger partial charge is 0.389 e. The number of halogens is 2. The van der Waals surface area contributed by atoms with Crippen LogP contribution in [0.4, 0.5) is 19.7 Å². The molecule has 2 fully saturated rings. The zero-order chi connectivity index (χ0) is 25.5. The maximum atomic E-state index is 16.5. The third-order valence-corrected chi connectivity index (χ3v) is 9.32. The summed E-state index contributed by atoms with van der Waals surface area (Å²) in [7, 11) is 2.16. The summed E-state index contributed by atoms with van der Waals surface area (Å²) >= 11 is 0.960. The summed E-state index contributed by atoms with van der Waals surface area (Å²) in [5.74, 6) is -0.692. The topological polar surface area (TPSA) is 104 Å². The molecule has 0 unspecified atom stereocenters. The van der Waals surface area contributed by atoms with Gasteiger partial charge in [0.25, 0.3) is 0 Å². The highest BCUT2D eigenvalue weighted by molar-refractivity contribution is 7.23. The number of pyridine rings is 1. The number of ether oxygens (including phenoxy) is 1. The molecule has 0 amide bonds. The first-order valence-electron chi connectivity index (χ1n) is 12.2. The lowest BCUT2D eigenvalue weighted by molar-refractivity contribution is 0.135. The van der Waals surface area contributed by atoms with E-state index in [4.69, 9.17) is 15.5 Å². The van der Waals surface area contributed by atoms with Gasteiger partial charge in [0, 0.05) is 41.2 Å². The highest BCUT2D eigenvalue weighted by Gasteiger charge is 2.45. The number of hydrogen-bond acceptors (Lipinski definition) is 9. The molecule has 1 aromatic carbocycles. The Morgan fingerprint density at radius 1 is 1.16 bits per heavy atom. The number of nitriles is 1. The maximum absolute atomic E-state index is 16.5. The van der Waals surface area contributed by atoms with Gasteiger partial charge < -0.3 is 15.4 Å². The number of benzene rings is 1. The van der Waals surface area contributed by atoms with Crippen LogP contribution in [0.2, 0.25) is 0 Å². The van der Waals surface area contributed by atoms with E-state index in [1.54, 1.807) is 6.20 Å². The molecule has 2 N–H and O–H groups in total. The maximum Gasteiger partial charge on any atom is 0.226 e. The number of anilines is 2. The molecule has 0 saturated carbocycles. The predicted octanol–water partition coefficient (Wildman–Crippen LogP) is 4.34. The van der Waals surface area contributed by atoms with E-state index in [1.165, 1.54) is 6.42 Å². The van der Waals surface area contributed by atoms with E-state index in [0.29, 0.717) is 16.9 Å². The van der Waals surface area contributed by atoms with Crippen LogP contribution in [0.15, 0.2) is 12.4 Å². The van der Waals surface area contributed by atoms with Gasteiger partial charge in [-0.15, -0.1) is 11.3 Å². The lowest BCUT2D eigenvalue weighted by Gasteiger charge is -2.31. The van der Waals surface area contributed by atoms with Gasteiger partial charge in [-0.3, -0.25) is 9.88 Å². The molecule has 6 heterocycles. The molecule has 1 atom stereocenters. The van der Waals surface area contributed by atoms with Gasteiger partial charge in [0.1, 0.15) is 16.6 Å². The lowest BCUT2D eigenvalue weighted by Crippen LogP contribution is -2.43. The van der Waals surface area contributed by atoms with E-state index >= 15 is 4.39 Å². The van der Waals surface area contributed by atoms with Gasteiger partial charge in [-0.25, -0.2) is 18.7 Å². The molecule has 0 bridgehead atoms. The Morgan fingerprint density at radius 2 is 2.00 bits per heavy atom. The molecular formula is C26H23F2N7OS. The number of nitrogens with two attached hydrogens (primary N) is 1. The van der Waals surface area contributed by atoms with Crippen LogP contribution < -0.4 is 10.6 Å². The second kappa shape index (κ2) is 8.02. The minimum absolute atomic E-state index is 0.0978. The van der Waals surface area contributed by atoms with Crippen LogP contribution >= 0.6 is 11.3 Å². The predicted molar refractivity (Wildman–Crippen MR) is 137 cm³/mol. The van der Waals surface area contributed by atoms with Crippen molar-refractivity contribution in [1.29, 1.82) is 5.26 Å². The monoisotopic (exact) mass is 519 g/mol. The first-order chi connectivity index (χ1) is 17.9. The van der Waals surface area contributed by atoms with E-state index in [-0.39, 0.29) is 56.2 Å². The van der Waals surface area contributed by atoms with Crippen molar-refractivity contribution >= 4 is 43.3 Å². The highest BCUT2D eigenvalue weighted by Crippen LogP contribution is 2.45. The average molecular weight is 520 g/mol. The van der Waals surface area contributed by atoms with Crippen LogP contribution in [0.25, 0.3) is 32.2 Å². The zero-order valence-electron chi connectivity index (χ0n) is 20.1. The fourth-order valence-corrected chi connectivity index (χ4v) is 7.23. The van der Waals surface area contributed by atoms with Crippen LogP contribution in [0, 0.1) is 23.0 Å². The van der Waals surface area contributed by atoms with Crippen molar-refractivity contribution in [3.63, 3.8) is 0 Å². The lowest BCUT2D eigenvalue weighted by atomic mass is 9.94. The van der Waals surface area contributed by atoms with Crippen molar-refractivity contribution in [2.24, 2.45) is 0 Å². The molecule has 0 radical (unpaired) electrons. The number of nitrogen functional groups attached to an aromatic ring is 1. The fraction of sp³-hybridized carbons (Fsp3) is 0.385. The summed E-state index contributed by atoms with van der Waals surface area (Å²) in [6, 6.07) is 2.04. The van der Waals surface area contributed by atoms with Crippen LogP contribution in [0.3, 0.4) is 0 Å². The molecule has 3 aromatic heterocycles. The SMILES string of the molecule is CN1CCC[C@]12CCN(c1ncc3c4c(c(-c5ncc(F)c6sc(N)c(C#N)c56)c(F)c3n1)COC4)C2. The van der Waals surface area contributed by atoms with Crippen molar-refractivity contribution in [3.05, 3.63) is 40.7 Å². The van der Waals surface area contributed by atoms with Gasteiger partial charge in [0.15, 0.2) is 11.6 Å². The van der Waals surface area contributed by atoms with Crippen LogP contribution in [0.5, 0.6) is 0 Å². The second-order valence-electron chi connectivity index (χ2n) is 10.1. The Kier molecular flexibility index (Phi) is 4.92. The Hall–Kier alpha value is -3.46. The summed E-state index contributed by atoms with van der Waals surface area (Å²) in [4.78, 5) is 18.2. The smallest absolute Gasteiger partial charge is 0.226 e. The Labute approximate surface area is 215 Å². The standard InChI is InChI=1S/C26H23F2N7OS/c1-34-5-2-3-26(34)4-6-35(12-26)25-32-8-14-15-10-36-11-16(15)18(20(28)21(14)33-25)22-19-13(7-29)24(30)37-23(19)17(27)9-31-22/h8-9H,2-6,10-12,30H2,1H3/t26-/m1/s1. The van der Waals surface area contributed by atoms with Crippen LogP contribution in [-0.4, -0.2) is 52.1 Å². The Balaban J connectivity index is 1.44. The summed E-state index contributed by atoms with van der Waals surface area (Å²) in [6.45, 7) is 3.13. The molecule has 8 nitrogen and oxygen atoms in total. The number of likely N-dealkylation sites (tertiary alicyclic amines) is 1. The minimum atomic E-state index is -0.601. The summed E-state index contributed by atoms with van der Waals surface area (Å²) in [5, 5.41) is 10.7. The molecule has 0 aliphatic carbocycles. The Morgan fingerprint density at radius 3 is 2.78 bits per heavy atom. The number of rotatable bonds is 2. The number of aromatic nitrogens is 3. The third-order valence-electron chi connectivity index (χ3n) is 8.29. The molecule has 3 aliphatic rings. The minimum Gasteiger partial charge on any atom is -0.389 e. The third kappa shape index (κ3) is 3.13. The number of hydrogen-bond donors (Lipinski definition) is 1. The summed E-state index contributed by atoms with van der Waals surface area (Å²) in [5.41, 5.74) is 8.16. The second-order valence-corrected chi connectivity index (χ2v) is 11.2. The molecule has 2 saturated heterocycles. The van der Waals surface area contributed by atoms with E-state index in [0.717, 1.165) is 55.6 Å². The van der Waals surface area contributed by atoms with Crippen LogP contribution in [0.1, 0.15) is 36.0 Å². The van der Waals surface area contributed by atoms with Crippen LogP contribution in [-0.2, 0) is 18.0 Å². The quantitative estimate of drug-likeness (QED) is 0.417. The van der Waals surface area contributed by atoms with E-state index < -0.39 is 11.6 Å². The molecule has 7 rings (SSSR count). The van der Waals surface area contributed by atoms with Gasteiger partial charge in [0.2, 0.25) is 5.95 Å².